The van der Waals surface area contributed by atoms with E-state index >= 15 is 0 Å². The molecule has 2 rings (SSSR count). The highest BCUT2D eigenvalue weighted by Crippen LogP contribution is 2.24. The third-order valence-corrected chi connectivity index (χ3v) is 3.07. The zero-order chi connectivity index (χ0) is 14.9. The molecule has 3 nitrogen and oxygen atoms in total. The number of nitrogens with one attached hydrogen (secondary N) is 1. The van der Waals surface area contributed by atoms with Gasteiger partial charge in [0.15, 0.2) is 5.82 Å². The van der Waals surface area contributed by atoms with Gasteiger partial charge in [0.2, 0.25) is 0 Å². The Hall–Kier alpha value is -1.72. The lowest BCUT2D eigenvalue weighted by Crippen LogP contribution is -2.16. The molecule has 0 aliphatic carbocycles. The minimum Gasteiger partial charge on any atom is -0.316 e. The van der Waals surface area contributed by atoms with Gasteiger partial charge in [0.05, 0.1) is 5.02 Å². The normalized spacial score (nSPS) is 10.4. The molecule has 0 unspecified atom stereocenters. The number of aryl methyl sites for hydroxylation is 1. The zero-order valence-corrected chi connectivity index (χ0v) is 11.7. The second-order valence-corrected chi connectivity index (χ2v) is 4.77. The second kappa shape index (κ2) is 5.73. The lowest BCUT2D eigenvalue weighted by atomic mass is 10.2. The zero-order valence-electron chi connectivity index (χ0n) is 10.2. The summed E-state index contributed by atoms with van der Waals surface area (Å²) in [4.78, 5) is 15.7. The Balaban J connectivity index is 2.38. The van der Waals surface area contributed by atoms with Crippen molar-refractivity contribution in [1.82, 2.24) is 4.98 Å². The van der Waals surface area contributed by atoms with Crippen LogP contribution in [0.3, 0.4) is 0 Å². The molecule has 0 aliphatic heterocycles. The van der Waals surface area contributed by atoms with Crippen LogP contribution in [0, 0.1) is 18.6 Å². The number of hydrogen-bond acceptors (Lipinski definition) is 2. The molecule has 1 aromatic carbocycles. The van der Waals surface area contributed by atoms with Crippen LogP contribution in [0.2, 0.25) is 10.2 Å². The van der Waals surface area contributed by atoms with E-state index in [1.165, 1.54) is 25.1 Å². The van der Waals surface area contributed by atoms with Crippen molar-refractivity contribution >= 4 is 34.8 Å². The van der Waals surface area contributed by atoms with Gasteiger partial charge in [0, 0.05) is 0 Å². The van der Waals surface area contributed by atoms with Crippen LogP contribution in [0.5, 0.6) is 0 Å². The first-order chi connectivity index (χ1) is 9.40. The quantitative estimate of drug-likeness (QED) is 0.842. The summed E-state index contributed by atoms with van der Waals surface area (Å²) < 4.78 is 27.3. The molecule has 1 heterocycles. The molecule has 1 amide bonds. The molecular formula is C13H8Cl2F2N2O. The van der Waals surface area contributed by atoms with Crippen LogP contribution < -0.4 is 5.32 Å². The number of benzene rings is 1. The summed E-state index contributed by atoms with van der Waals surface area (Å²) in [5.74, 6) is -2.59. The van der Waals surface area contributed by atoms with E-state index in [1.807, 2.05) is 0 Å². The van der Waals surface area contributed by atoms with Gasteiger partial charge in [-0.1, -0.05) is 29.3 Å². The summed E-state index contributed by atoms with van der Waals surface area (Å²) >= 11 is 11.5. The van der Waals surface area contributed by atoms with Crippen molar-refractivity contribution in [3.63, 3.8) is 0 Å². The van der Waals surface area contributed by atoms with E-state index in [-0.39, 0.29) is 21.4 Å². The molecule has 1 N–H and O–H groups in total. The Morgan fingerprint density at radius 3 is 2.60 bits per heavy atom. The molecule has 104 valence electrons. The van der Waals surface area contributed by atoms with Gasteiger partial charge in [0.1, 0.15) is 22.4 Å². The highest BCUT2D eigenvalue weighted by Gasteiger charge is 2.18. The highest BCUT2D eigenvalue weighted by atomic mass is 35.5. The number of aromatic nitrogens is 1. The van der Waals surface area contributed by atoms with Crippen molar-refractivity contribution in [2.24, 2.45) is 0 Å². The van der Waals surface area contributed by atoms with Crippen LogP contribution in [0.25, 0.3) is 0 Å². The van der Waals surface area contributed by atoms with Gasteiger partial charge < -0.3 is 5.32 Å². The lowest BCUT2D eigenvalue weighted by molar-refractivity contribution is 0.102. The number of carbonyl (C=O) groups excluding carboxylic acids is 1. The minimum absolute atomic E-state index is 0.0281. The topological polar surface area (TPSA) is 42.0 Å². The van der Waals surface area contributed by atoms with Crippen LogP contribution in [0.4, 0.5) is 14.5 Å². The van der Waals surface area contributed by atoms with Crippen molar-refractivity contribution in [2.45, 2.75) is 6.92 Å². The lowest BCUT2D eigenvalue weighted by Gasteiger charge is -2.09. The molecule has 0 radical (unpaired) electrons. The Morgan fingerprint density at radius 2 is 1.90 bits per heavy atom. The van der Waals surface area contributed by atoms with Gasteiger partial charge in [-0.05, 0) is 30.7 Å². The largest absolute Gasteiger partial charge is 0.316 e. The van der Waals surface area contributed by atoms with Crippen molar-refractivity contribution in [2.75, 3.05) is 5.32 Å². The monoisotopic (exact) mass is 316 g/mol. The summed E-state index contributed by atoms with van der Waals surface area (Å²) in [7, 11) is 0. The molecule has 0 saturated heterocycles. The van der Waals surface area contributed by atoms with E-state index < -0.39 is 23.2 Å². The third-order valence-electron chi connectivity index (χ3n) is 2.55. The van der Waals surface area contributed by atoms with Crippen molar-refractivity contribution in [3.8, 4) is 0 Å². The van der Waals surface area contributed by atoms with Gasteiger partial charge in [0.25, 0.3) is 5.91 Å². The number of halogens is 4. The van der Waals surface area contributed by atoms with E-state index in [1.54, 1.807) is 0 Å². The molecule has 0 fully saturated rings. The van der Waals surface area contributed by atoms with Gasteiger partial charge >= 0.3 is 0 Å². The number of nitrogens with zero attached hydrogens (tertiary/aromatic N) is 1. The fraction of sp³-hybridized carbons (Fsp3) is 0.0769. The van der Waals surface area contributed by atoms with E-state index in [2.05, 4.69) is 10.3 Å². The Kier molecular flexibility index (Phi) is 4.20. The maximum atomic E-state index is 13.8. The number of carbonyl (C=O) groups is 1. The summed E-state index contributed by atoms with van der Waals surface area (Å²) in [6.07, 6.45) is 0. The maximum Gasteiger partial charge on any atom is 0.276 e. The van der Waals surface area contributed by atoms with Gasteiger partial charge in [-0.3, -0.25) is 4.79 Å². The number of hydrogen-bond donors (Lipinski definition) is 1. The van der Waals surface area contributed by atoms with Crippen LogP contribution >= 0.6 is 23.2 Å². The molecule has 0 bridgehead atoms. The summed E-state index contributed by atoms with van der Waals surface area (Å²) in [5, 5.41) is 2.18. The Labute approximate surface area is 123 Å². The summed E-state index contributed by atoms with van der Waals surface area (Å²) in [5.41, 5.74) is -0.556. The molecule has 0 atom stereocenters. The smallest absolute Gasteiger partial charge is 0.276 e. The minimum atomic E-state index is -0.889. The van der Waals surface area contributed by atoms with Crippen LogP contribution in [0.15, 0.2) is 24.3 Å². The van der Waals surface area contributed by atoms with Crippen molar-refractivity contribution in [3.05, 3.63) is 57.3 Å². The molecule has 0 aliphatic rings. The fourth-order valence-electron chi connectivity index (χ4n) is 1.52. The van der Waals surface area contributed by atoms with Crippen LogP contribution in [-0.4, -0.2) is 10.9 Å². The number of pyridine rings is 1. The summed E-state index contributed by atoms with van der Waals surface area (Å²) in [6.45, 7) is 1.45. The van der Waals surface area contributed by atoms with Gasteiger partial charge in [-0.2, -0.15) is 0 Å². The predicted molar refractivity (Wildman–Crippen MR) is 73.3 cm³/mol. The molecule has 0 saturated carbocycles. The van der Waals surface area contributed by atoms with Crippen molar-refractivity contribution in [1.29, 1.82) is 0 Å². The van der Waals surface area contributed by atoms with E-state index in [0.717, 1.165) is 6.07 Å². The first-order valence-electron chi connectivity index (χ1n) is 5.48. The van der Waals surface area contributed by atoms with E-state index in [0.29, 0.717) is 0 Å². The number of rotatable bonds is 2. The Bertz CT molecular complexity index is 692. The fourth-order valence-corrected chi connectivity index (χ4v) is 1.86. The third kappa shape index (κ3) is 2.89. The molecule has 0 spiro atoms. The maximum absolute atomic E-state index is 13.8. The Morgan fingerprint density at radius 1 is 1.20 bits per heavy atom. The predicted octanol–water partition coefficient (Wildman–Crippen LogP) is 4.23. The van der Waals surface area contributed by atoms with Gasteiger partial charge in [-0.25, -0.2) is 13.8 Å². The average Bonchev–Trinajstić information content (AvgIpc) is 2.41. The van der Waals surface area contributed by atoms with Gasteiger partial charge in [-0.15, -0.1) is 0 Å². The van der Waals surface area contributed by atoms with Crippen LogP contribution in [-0.2, 0) is 0 Å². The van der Waals surface area contributed by atoms with E-state index in [9.17, 15) is 13.6 Å². The average molecular weight is 317 g/mol. The molecule has 2 aromatic rings. The number of anilines is 1. The molecule has 20 heavy (non-hydrogen) atoms. The molecular weight excluding hydrogens is 309 g/mol. The van der Waals surface area contributed by atoms with E-state index in [4.69, 9.17) is 23.2 Å². The standard InChI is InChI=1S/C13H8Cl2F2N2O/c1-6-2-4-8(16)12(10(6)17)19-13(20)11-7(14)3-5-9(15)18-11/h2-5H,1H3,(H,19,20). The highest BCUT2D eigenvalue weighted by molar-refractivity contribution is 6.35. The SMILES string of the molecule is Cc1ccc(F)c(NC(=O)c2nc(Cl)ccc2Cl)c1F. The summed E-state index contributed by atoms with van der Waals surface area (Å²) in [6, 6.07) is 5.09. The molecule has 7 heteroatoms. The second-order valence-electron chi connectivity index (χ2n) is 3.97. The van der Waals surface area contributed by atoms with Crippen LogP contribution in [0.1, 0.15) is 16.1 Å². The first kappa shape index (κ1) is 14.7. The number of amides is 1. The van der Waals surface area contributed by atoms with Crippen molar-refractivity contribution < 1.29 is 13.6 Å². The molecule has 1 aromatic heterocycles. The first-order valence-corrected chi connectivity index (χ1v) is 6.23.